The van der Waals surface area contributed by atoms with Crippen LogP contribution in [-0.2, 0) is 19.1 Å². The van der Waals surface area contributed by atoms with Crippen molar-refractivity contribution in [3.05, 3.63) is 23.8 Å². The Morgan fingerprint density at radius 2 is 2.00 bits per heavy atom. The highest BCUT2D eigenvalue weighted by molar-refractivity contribution is 5.83. The molecule has 0 saturated heterocycles. The molecule has 4 aliphatic carbocycles. The first-order chi connectivity index (χ1) is 12.3. The Labute approximate surface area is 154 Å². The summed E-state index contributed by atoms with van der Waals surface area (Å²) in [4.78, 5) is 25.8. The van der Waals surface area contributed by atoms with Crippen LogP contribution in [0.3, 0.4) is 0 Å². The van der Waals surface area contributed by atoms with E-state index in [9.17, 15) is 14.7 Å². The molecule has 5 heteroatoms. The summed E-state index contributed by atoms with van der Waals surface area (Å²) in [6, 6.07) is 0. The molecule has 142 valence electrons. The van der Waals surface area contributed by atoms with Crippen molar-refractivity contribution in [1.82, 2.24) is 0 Å². The van der Waals surface area contributed by atoms with Gasteiger partial charge >= 0.3 is 11.9 Å². The first kappa shape index (κ1) is 17.8. The number of ether oxygens (including phenoxy) is 2. The van der Waals surface area contributed by atoms with Crippen molar-refractivity contribution in [3.8, 4) is 0 Å². The van der Waals surface area contributed by atoms with E-state index in [-0.39, 0.29) is 23.2 Å². The smallest absolute Gasteiger partial charge is 0.314 e. The van der Waals surface area contributed by atoms with E-state index in [1.165, 1.54) is 19.8 Å². The Kier molecular flexibility index (Phi) is 3.89. The van der Waals surface area contributed by atoms with Crippen LogP contribution in [0.15, 0.2) is 23.8 Å². The third kappa shape index (κ3) is 1.95. The second-order valence-corrected chi connectivity index (χ2v) is 8.81. The summed E-state index contributed by atoms with van der Waals surface area (Å²) in [5.41, 5.74) is 1.01. The van der Waals surface area contributed by atoms with E-state index in [4.69, 9.17) is 9.47 Å². The average Bonchev–Trinajstić information content (AvgIpc) is 3.07. The monoisotopic (exact) mass is 360 g/mol. The van der Waals surface area contributed by atoms with Gasteiger partial charge in [-0.25, -0.2) is 0 Å². The Balaban J connectivity index is 1.91. The molecule has 2 bridgehead atoms. The molecule has 0 unspecified atom stereocenters. The molecule has 7 atom stereocenters. The largest absolute Gasteiger partial charge is 0.469 e. The van der Waals surface area contributed by atoms with Gasteiger partial charge < -0.3 is 14.6 Å². The maximum Gasteiger partial charge on any atom is 0.314 e. The van der Waals surface area contributed by atoms with Crippen LogP contribution < -0.4 is 0 Å². The van der Waals surface area contributed by atoms with Gasteiger partial charge in [0.05, 0.1) is 31.7 Å². The number of carbonyl (C=O) groups excluding carboxylic acids is 2. The summed E-state index contributed by atoms with van der Waals surface area (Å²) < 4.78 is 10.3. The van der Waals surface area contributed by atoms with Gasteiger partial charge in [-0.1, -0.05) is 23.8 Å². The van der Waals surface area contributed by atoms with Gasteiger partial charge in [0.25, 0.3) is 0 Å². The van der Waals surface area contributed by atoms with Gasteiger partial charge in [0.15, 0.2) is 0 Å². The summed E-state index contributed by atoms with van der Waals surface area (Å²) in [7, 11) is 2.76. The molecular weight excluding hydrogens is 332 g/mol. The zero-order valence-electron chi connectivity index (χ0n) is 15.8. The molecule has 0 aromatic carbocycles. The highest BCUT2D eigenvalue weighted by Crippen LogP contribution is 2.72. The summed E-state index contributed by atoms with van der Waals surface area (Å²) >= 11 is 0. The van der Waals surface area contributed by atoms with Crippen molar-refractivity contribution in [1.29, 1.82) is 0 Å². The normalized spacial score (nSPS) is 46.2. The van der Waals surface area contributed by atoms with E-state index in [1.54, 1.807) is 6.92 Å². The van der Waals surface area contributed by atoms with Crippen LogP contribution in [0.25, 0.3) is 0 Å². The number of aliphatic hydroxyl groups excluding tert-OH is 1. The molecule has 0 aromatic heterocycles. The molecule has 1 spiro atoms. The van der Waals surface area contributed by atoms with Gasteiger partial charge in [-0.2, -0.15) is 0 Å². The lowest BCUT2D eigenvalue weighted by Gasteiger charge is -2.43. The molecule has 3 saturated carbocycles. The lowest BCUT2D eigenvalue weighted by Crippen LogP contribution is -2.52. The van der Waals surface area contributed by atoms with Crippen LogP contribution in [0.2, 0.25) is 0 Å². The van der Waals surface area contributed by atoms with Crippen molar-refractivity contribution in [2.45, 2.75) is 45.1 Å². The second kappa shape index (κ2) is 5.69. The molecule has 4 aliphatic rings. The average molecular weight is 360 g/mol. The SMILES string of the molecule is C=C1C[C@]23C[C@H]1CC[C@H]2C1=CC[C@@H](O)[C@@](C)(C(=O)OC)[C@H]1[C@@H]3C(=O)OC. The van der Waals surface area contributed by atoms with Crippen molar-refractivity contribution in [3.63, 3.8) is 0 Å². The summed E-state index contributed by atoms with van der Waals surface area (Å²) in [6.07, 6.45) is 5.46. The fourth-order valence-corrected chi connectivity index (χ4v) is 6.80. The maximum absolute atomic E-state index is 13.0. The highest BCUT2D eigenvalue weighted by atomic mass is 16.5. The number of hydrogen-bond donors (Lipinski definition) is 1. The predicted molar refractivity (Wildman–Crippen MR) is 94.8 cm³/mol. The Bertz CT molecular complexity index is 709. The van der Waals surface area contributed by atoms with Crippen LogP contribution >= 0.6 is 0 Å². The standard InChI is InChI=1S/C21H28O5/c1-11-9-21-10-12(11)5-7-14(21)13-6-8-15(22)20(2,19(24)26-4)16(13)17(21)18(23)25-3/h6,12,14-17,22H,1,5,7-10H2,2-4H3/t12-,14+,15-,16-,17-,20-,21+/m1/s1. The van der Waals surface area contributed by atoms with Crippen molar-refractivity contribution >= 4 is 11.9 Å². The molecule has 0 aromatic rings. The molecule has 3 fully saturated rings. The topological polar surface area (TPSA) is 72.8 Å². The predicted octanol–water partition coefficient (Wildman–Crippen LogP) is 2.64. The lowest BCUT2D eigenvalue weighted by molar-refractivity contribution is -0.171. The van der Waals surface area contributed by atoms with Gasteiger partial charge in [0.2, 0.25) is 0 Å². The van der Waals surface area contributed by atoms with Gasteiger partial charge in [0, 0.05) is 5.92 Å². The number of aliphatic hydroxyl groups is 1. The Hall–Kier alpha value is -1.62. The number of allylic oxidation sites excluding steroid dienone is 2. The van der Waals surface area contributed by atoms with Crippen LogP contribution in [0.1, 0.15) is 39.0 Å². The first-order valence-electron chi connectivity index (χ1n) is 9.53. The van der Waals surface area contributed by atoms with Gasteiger partial charge in [-0.3, -0.25) is 9.59 Å². The van der Waals surface area contributed by atoms with Crippen LogP contribution in [0, 0.1) is 34.5 Å². The fourth-order valence-electron chi connectivity index (χ4n) is 6.80. The first-order valence-corrected chi connectivity index (χ1v) is 9.53. The molecule has 0 amide bonds. The molecule has 0 aliphatic heterocycles. The molecular formula is C21H28O5. The minimum absolute atomic E-state index is 0.233. The van der Waals surface area contributed by atoms with Crippen molar-refractivity contribution in [2.75, 3.05) is 14.2 Å². The van der Waals surface area contributed by atoms with Gasteiger partial charge in [-0.05, 0) is 56.3 Å². The van der Waals surface area contributed by atoms with E-state index >= 15 is 0 Å². The van der Waals surface area contributed by atoms with Gasteiger partial charge in [0.1, 0.15) is 0 Å². The number of carbonyl (C=O) groups is 2. The lowest BCUT2D eigenvalue weighted by atomic mass is 9.60. The zero-order chi connectivity index (χ0) is 18.9. The maximum atomic E-state index is 13.0. The molecule has 26 heavy (non-hydrogen) atoms. The second-order valence-electron chi connectivity index (χ2n) is 8.81. The fraction of sp³-hybridized carbons (Fsp3) is 0.714. The van der Waals surface area contributed by atoms with Crippen molar-refractivity contribution < 1.29 is 24.2 Å². The van der Waals surface area contributed by atoms with Crippen LogP contribution in [0.5, 0.6) is 0 Å². The van der Waals surface area contributed by atoms with E-state index < -0.39 is 23.4 Å². The Morgan fingerprint density at radius 1 is 1.27 bits per heavy atom. The van der Waals surface area contributed by atoms with Crippen molar-refractivity contribution in [2.24, 2.45) is 34.5 Å². The van der Waals surface area contributed by atoms with E-state index in [1.807, 2.05) is 0 Å². The minimum Gasteiger partial charge on any atom is -0.469 e. The van der Waals surface area contributed by atoms with Gasteiger partial charge in [-0.15, -0.1) is 0 Å². The molecule has 5 nitrogen and oxygen atoms in total. The number of rotatable bonds is 2. The molecule has 0 radical (unpaired) electrons. The zero-order valence-corrected chi connectivity index (χ0v) is 15.8. The third-order valence-electron chi connectivity index (χ3n) is 7.97. The summed E-state index contributed by atoms with van der Waals surface area (Å²) in [5, 5.41) is 10.8. The molecule has 0 heterocycles. The highest BCUT2D eigenvalue weighted by Gasteiger charge is 2.71. The van der Waals surface area contributed by atoms with E-state index in [0.29, 0.717) is 12.3 Å². The van der Waals surface area contributed by atoms with Crippen LogP contribution in [0.4, 0.5) is 0 Å². The number of fused-ring (bicyclic) bond motifs is 3. The van der Waals surface area contributed by atoms with Crippen LogP contribution in [-0.4, -0.2) is 37.4 Å². The third-order valence-corrected chi connectivity index (χ3v) is 7.97. The minimum atomic E-state index is -1.14. The molecule has 1 N–H and O–H groups in total. The number of hydrogen-bond acceptors (Lipinski definition) is 5. The molecule has 4 rings (SSSR count). The Morgan fingerprint density at radius 3 is 2.65 bits per heavy atom. The van der Waals surface area contributed by atoms with E-state index in [2.05, 4.69) is 12.7 Å². The summed E-state index contributed by atoms with van der Waals surface area (Å²) in [5.74, 6) is -0.830. The quantitative estimate of drug-likeness (QED) is 0.605. The van der Waals surface area contributed by atoms with E-state index in [0.717, 1.165) is 31.3 Å². The summed E-state index contributed by atoms with van der Waals surface area (Å²) in [6.45, 7) is 6.04. The number of esters is 2. The number of methoxy groups -OCH3 is 2.